The van der Waals surface area contributed by atoms with E-state index in [1.165, 1.54) is 11.8 Å². The van der Waals surface area contributed by atoms with E-state index >= 15 is 0 Å². The van der Waals surface area contributed by atoms with Crippen LogP contribution < -0.4 is 15.4 Å². The second-order valence-electron chi connectivity index (χ2n) is 7.21. The minimum Gasteiger partial charge on any atom is -0.497 e. The van der Waals surface area contributed by atoms with Gasteiger partial charge >= 0.3 is 6.03 Å². The van der Waals surface area contributed by atoms with Gasteiger partial charge in [0.15, 0.2) is 11.0 Å². The van der Waals surface area contributed by atoms with Gasteiger partial charge in [0.25, 0.3) is 0 Å². The van der Waals surface area contributed by atoms with E-state index in [1.807, 2.05) is 89.5 Å². The minimum absolute atomic E-state index is 0.00182. The Labute approximate surface area is 201 Å². The van der Waals surface area contributed by atoms with Gasteiger partial charge in [0.05, 0.1) is 12.9 Å². The number of benzene rings is 3. The number of amides is 3. The largest absolute Gasteiger partial charge is 0.497 e. The fraction of sp³-hybridized carbons (Fsp3) is 0.120. The summed E-state index contributed by atoms with van der Waals surface area (Å²) in [5.74, 6) is 0.895. The van der Waals surface area contributed by atoms with Crippen molar-refractivity contribution >= 4 is 23.7 Å². The van der Waals surface area contributed by atoms with Gasteiger partial charge in [0.1, 0.15) is 5.75 Å². The molecule has 3 aromatic carbocycles. The number of nitrogens with one attached hydrogen (secondary N) is 2. The van der Waals surface area contributed by atoms with Crippen LogP contribution in [0.3, 0.4) is 0 Å². The Bertz CT molecular complexity index is 1260. The molecule has 0 unspecified atom stereocenters. The number of rotatable bonds is 8. The Hall–Kier alpha value is -4.11. The summed E-state index contributed by atoms with van der Waals surface area (Å²) in [5, 5.41) is 14.2. The third-order valence-corrected chi connectivity index (χ3v) is 5.79. The highest BCUT2D eigenvalue weighted by molar-refractivity contribution is 7.99. The van der Waals surface area contributed by atoms with Gasteiger partial charge in [-0.15, -0.1) is 10.2 Å². The van der Waals surface area contributed by atoms with Crippen molar-refractivity contribution in [1.29, 1.82) is 0 Å². The zero-order chi connectivity index (χ0) is 23.8. The first-order valence-electron chi connectivity index (χ1n) is 10.5. The SMILES string of the molecule is COc1cccc(-c2nnc(SCC(=O)NC(=O)NCc3ccccc3)n2-c2ccccc2)c1. The highest BCUT2D eigenvalue weighted by Crippen LogP contribution is 2.29. The normalized spacial score (nSPS) is 10.5. The summed E-state index contributed by atoms with van der Waals surface area (Å²) in [7, 11) is 1.61. The van der Waals surface area contributed by atoms with Crippen molar-refractivity contribution in [2.75, 3.05) is 12.9 Å². The molecule has 4 rings (SSSR count). The van der Waals surface area contributed by atoms with Crippen LogP contribution in [0.5, 0.6) is 5.75 Å². The van der Waals surface area contributed by atoms with E-state index in [2.05, 4.69) is 20.8 Å². The smallest absolute Gasteiger partial charge is 0.321 e. The maximum atomic E-state index is 12.4. The van der Waals surface area contributed by atoms with Crippen LogP contribution in [0.25, 0.3) is 17.1 Å². The molecule has 0 spiro atoms. The van der Waals surface area contributed by atoms with Crippen molar-refractivity contribution in [3.8, 4) is 22.8 Å². The molecule has 0 aliphatic rings. The lowest BCUT2D eigenvalue weighted by atomic mass is 10.2. The molecule has 0 saturated carbocycles. The van der Waals surface area contributed by atoms with Crippen LogP contribution in [0.1, 0.15) is 5.56 Å². The van der Waals surface area contributed by atoms with E-state index < -0.39 is 11.9 Å². The summed E-state index contributed by atoms with van der Waals surface area (Å²) >= 11 is 1.20. The number of nitrogens with zero attached hydrogens (tertiary/aromatic N) is 3. The minimum atomic E-state index is -0.545. The van der Waals surface area contributed by atoms with Crippen LogP contribution in [0, 0.1) is 0 Å². The van der Waals surface area contributed by atoms with E-state index in [1.54, 1.807) is 7.11 Å². The summed E-state index contributed by atoms with van der Waals surface area (Å²) in [4.78, 5) is 24.5. The van der Waals surface area contributed by atoms with Crippen LogP contribution >= 0.6 is 11.8 Å². The molecule has 9 heteroatoms. The highest BCUT2D eigenvalue weighted by Gasteiger charge is 2.18. The average molecular weight is 474 g/mol. The number of thioether (sulfide) groups is 1. The molecular formula is C25H23N5O3S. The molecule has 3 amide bonds. The van der Waals surface area contributed by atoms with Gasteiger partial charge < -0.3 is 10.1 Å². The molecule has 4 aromatic rings. The Balaban J connectivity index is 1.46. The van der Waals surface area contributed by atoms with Gasteiger partial charge in [-0.05, 0) is 29.8 Å². The Kier molecular flexibility index (Phi) is 7.56. The Morgan fingerprint density at radius 2 is 1.68 bits per heavy atom. The fourth-order valence-electron chi connectivity index (χ4n) is 3.24. The average Bonchev–Trinajstić information content (AvgIpc) is 3.31. The molecule has 0 radical (unpaired) electrons. The number of hydrogen-bond donors (Lipinski definition) is 2. The van der Waals surface area contributed by atoms with Crippen molar-refractivity contribution < 1.29 is 14.3 Å². The van der Waals surface area contributed by atoms with E-state index in [9.17, 15) is 9.59 Å². The number of para-hydroxylation sites is 1. The van der Waals surface area contributed by atoms with Crippen LogP contribution in [0.2, 0.25) is 0 Å². The third-order valence-electron chi connectivity index (χ3n) is 4.86. The number of urea groups is 1. The Morgan fingerprint density at radius 3 is 2.41 bits per heavy atom. The maximum Gasteiger partial charge on any atom is 0.321 e. The standard InChI is InChI=1S/C25H23N5O3S/c1-33-21-14-8-11-19(15-21)23-28-29-25(30(23)20-12-6-3-7-13-20)34-17-22(31)27-24(32)26-16-18-9-4-2-5-10-18/h2-15H,16-17H2,1H3,(H2,26,27,31,32). The second kappa shape index (κ2) is 11.2. The van der Waals surface area contributed by atoms with E-state index in [-0.39, 0.29) is 5.75 Å². The molecule has 0 aliphatic carbocycles. The van der Waals surface area contributed by atoms with Gasteiger partial charge in [-0.3, -0.25) is 14.7 Å². The lowest BCUT2D eigenvalue weighted by Crippen LogP contribution is -2.40. The molecule has 2 N–H and O–H groups in total. The van der Waals surface area contributed by atoms with E-state index in [0.717, 1.165) is 16.8 Å². The first-order chi connectivity index (χ1) is 16.6. The molecule has 34 heavy (non-hydrogen) atoms. The van der Waals surface area contributed by atoms with Crippen molar-refractivity contribution in [2.24, 2.45) is 0 Å². The molecule has 0 saturated heterocycles. The Morgan fingerprint density at radius 1 is 0.941 bits per heavy atom. The maximum absolute atomic E-state index is 12.4. The molecule has 1 aromatic heterocycles. The predicted molar refractivity (Wildman–Crippen MR) is 131 cm³/mol. The number of aromatic nitrogens is 3. The fourth-order valence-corrected chi connectivity index (χ4v) is 3.99. The molecule has 0 fully saturated rings. The molecule has 0 aliphatic heterocycles. The van der Waals surface area contributed by atoms with Gasteiger partial charge in [0.2, 0.25) is 5.91 Å². The number of imide groups is 1. The van der Waals surface area contributed by atoms with Gasteiger partial charge in [0, 0.05) is 17.8 Å². The number of methoxy groups -OCH3 is 1. The molecule has 0 bridgehead atoms. The molecule has 172 valence electrons. The van der Waals surface area contributed by atoms with E-state index in [4.69, 9.17) is 4.74 Å². The number of carbonyl (C=O) groups excluding carboxylic acids is 2. The van der Waals surface area contributed by atoms with Crippen molar-refractivity contribution in [3.05, 3.63) is 90.5 Å². The monoisotopic (exact) mass is 473 g/mol. The zero-order valence-electron chi connectivity index (χ0n) is 18.5. The van der Waals surface area contributed by atoms with Crippen LogP contribution in [-0.4, -0.2) is 39.6 Å². The van der Waals surface area contributed by atoms with Gasteiger partial charge in [-0.2, -0.15) is 0 Å². The summed E-state index contributed by atoms with van der Waals surface area (Å²) in [6.07, 6.45) is 0. The third kappa shape index (κ3) is 5.81. The second-order valence-corrected chi connectivity index (χ2v) is 8.16. The van der Waals surface area contributed by atoms with Crippen molar-refractivity contribution in [3.63, 3.8) is 0 Å². The summed E-state index contributed by atoms with van der Waals surface area (Å²) in [6.45, 7) is 0.333. The quantitative estimate of drug-likeness (QED) is 0.375. The number of ether oxygens (including phenoxy) is 1. The molecule has 8 nitrogen and oxygen atoms in total. The molecular weight excluding hydrogens is 450 g/mol. The lowest BCUT2D eigenvalue weighted by molar-refractivity contribution is -0.117. The first kappa shape index (κ1) is 23.1. The molecule has 0 atom stereocenters. The van der Waals surface area contributed by atoms with E-state index in [0.29, 0.717) is 23.3 Å². The lowest BCUT2D eigenvalue weighted by Gasteiger charge is -2.11. The van der Waals surface area contributed by atoms with Gasteiger partial charge in [-0.1, -0.05) is 72.4 Å². The summed E-state index contributed by atoms with van der Waals surface area (Å²) in [6, 6.07) is 26.1. The zero-order valence-corrected chi connectivity index (χ0v) is 19.3. The summed E-state index contributed by atoms with van der Waals surface area (Å²) < 4.78 is 7.22. The van der Waals surface area contributed by atoms with Crippen LogP contribution in [0.4, 0.5) is 4.79 Å². The highest BCUT2D eigenvalue weighted by atomic mass is 32.2. The topological polar surface area (TPSA) is 98.1 Å². The van der Waals surface area contributed by atoms with Crippen molar-refractivity contribution in [2.45, 2.75) is 11.7 Å². The summed E-state index contributed by atoms with van der Waals surface area (Å²) in [5.41, 5.74) is 2.63. The number of carbonyl (C=O) groups is 2. The van der Waals surface area contributed by atoms with Gasteiger partial charge in [-0.25, -0.2) is 4.79 Å². The van der Waals surface area contributed by atoms with Crippen LogP contribution in [0.15, 0.2) is 90.1 Å². The first-order valence-corrected chi connectivity index (χ1v) is 11.5. The molecule has 1 heterocycles. The number of hydrogen-bond acceptors (Lipinski definition) is 6. The van der Waals surface area contributed by atoms with Crippen LogP contribution in [-0.2, 0) is 11.3 Å². The van der Waals surface area contributed by atoms with Crippen molar-refractivity contribution in [1.82, 2.24) is 25.4 Å². The predicted octanol–water partition coefficient (Wildman–Crippen LogP) is 4.06.